The van der Waals surface area contributed by atoms with Crippen LogP contribution in [0.3, 0.4) is 0 Å². The Morgan fingerprint density at radius 1 is 1.27 bits per heavy atom. The molecule has 1 aliphatic heterocycles. The van der Waals surface area contributed by atoms with Crippen LogP contribution in [0.5, 0.6) is 5.75 Å². The van der Waals surface area contributed by atoms with Crippen LogP contribution in [0.25, 0.3) is 0 Å². The van der Waals surface area contributed by atoms with E-state index in [0.717, 1.165) is 32.7 Å². The first-order valence-corrected chi connectivity index (χ1v) is 7.32. The van der Waals surface area contributed by atoms with E-state index in [9.17, 15) is 9.18 Å². The number of nitrogens with zero attached hydrogens (tertiary/aromatic N) is 1. The maximum absolute atomic E-state index is 12.7. The molecule has 0 aliphatic carbocycles. The van der Waals surface area contributed by atoms with Gasteiger partial charge in [-0.05, 0) is 24.3 Å². The summed E-state index contributed by atoms with van der Waals surface area (Å²) in [5.41, 5.74) is 0. The van der Waals surface area contributed by atoms with Gasteiger partial charge < -0.3 is 15.4 Å². The maximum Gasteiger partial charge on any atom is 0.223 e. The van der Waals surface area contributed by atoms with Crippen molar-refractivity contribution in [1.82, 2.24) is 15.5 Å². The van der Waals surface area contributed by atoms with E-state index >= 15 is 0 Å². The highest BCUT2D eigenvalue weighted by molar-refractivity contribution is 5.85. The van der Waals surface area contributed by atoms with E-state index in [-0.39, 0.29) is 24.1 Å². The van der Waals surface area contributed by atoms with Gasteiger partial charge in [0.05, 0.1) is 13.0 Å². The topological polar surface area (TPSA) is 53.6 Å². The van der Waals surface area contributed by atoms with E-state index in [1.54, 1.807) is 12.1 Å². The van der Waals surface area contributed by atoms with Crippen LogP contribution in [-0.2, 0) is 4.79 Å². The van der Waals surface area contributed by atoms with Crippen LogP contribution >= 0.6 is 12.4 Å². The Balaban J connectivity index is 0.00000242. The number of benzene rings is 1. The summed E-state index contributed by atoms with van der Waals surface area (Å²) in [6.07, 6.45) is 0.304. The zero-order valence-corrected chi connectivity index (χ0v) is 13.3. The van der Waals surface area contributed by atoms with Crippen LogP contribution in [0.15, 0.2) is 24.3 Å². The van der Waals surface area contributed by atoms with Gasteiger partial charge in [-0.25, -0.2) is 4.39 Å². The van der Waals surface area contributed by atoms with Gasteiger partial charge in [0.25, 0.3) is 0 Å². The number of hydrogen-bond donors (Lipinski definition) is 2. The number of rotatable bonds is 7. The third-order valence-corrected chi connectivity index (χ3v) is 3.37. The number of carbonyl (C=O) groups is 1. The normalized spacial score (nSPS) is 15.0. The Bertz CT molecular complexity index is 439. The van der Waals surface area contributed by atoms with Gasteiger partial charge in [0.15, 0.2) is 0 Å². The minimum Gasteiger partial charge on any atom is -0.493 e. The van der Waals surface area contributed by atoms with E-state index in [1.165, 1.54) is 12.1 Å². The molecule has 0 unspecified atom stereocenters. The number of amides is 1. The number of carbonyl (C=O) groups excluding carboxylic acids is 1. The van der Waals surface area contributed by atoms with Gasteiger partial charge in [0.1, 0.15) is 11.6 Å². The van der Waals surface area contributed by atoms with Crippen molar-refractivity contribution in [3.63, 3.8) is 0 Å². The van der Waals surface area contributed by atoms with Crippen molar-refractivity contribution < 1.29 is 13.9 Å². The number of nitrogens with one attached hydrogen (secondary N) is 2. The fourth-order valence-electron chi connectivity index (χ4n) is 2.17. The summed E-state index contributed by atoms with van der Waals surface area (Å²) in [6, 6.07) is 5.78. The molecule has 0 saturated carbocycles. The minimum absolute atomic E-state index is 0. The molecular weight excluding hydrogens is 309 g/mol. The summed E-state index contributed by atoms with van der Waals surface area (Å²) in [6.45, 7) is 5.93. The number of halogens is 2. The van der Waals surface area contributed by atoms with E-state index in [2.05, 4.69) is 15.5 Å². The molecule has 0 radical (unpaired) electrons. The SMILES string of the molecule is Cl.O=C(CCOc1ccc(F)cc1)NCCN1CCNCC1. The second-order valence-electron chi connectivity index (χ2n) is 4.99. The molecular formula is C15H23ClFN3O2. The molecule has 1 aromatic carbocycles. The molecule has 7 heteroatoms. The fourth-order valence-corrected chi connectivity index (χ4v) is 2.17. The first kappa shape index (κ1) is 18.7. The highest BCUT2D eigenvalue weighted by Crippen LogP contribution is 2.10. The van der Waals surface area contributed by atoms with Gasteiger partial charge in [-0.2, -0.15) is 0 Å². The molecule has 1 aliphatic rings. The summed E-state index contributed by atoms with van der Waals surface area (Å²) >= 11 is 0. The third-order valence-electron chi connectivity index (χ3n) is 3.37. The van der Waals surface area contributed by atoms with Crippen molar-refractivity contribution in [3.8, 4) is 5.75 Å². The Kier molecular flexibility index (Phi) is 8.81. The predicted octanol–water partition coefficient (Wildman–Crippen LogP) is 1.04. The summed E-state index contributed by atoms with van der Waals surface area (Å²) < 4.78 is 18.1. The molecule has 2 N–H and O–H groups in total. The van der Waals surface area contributed by atoms with Crippen molar-refractivity contribution in [2.24, 2.45) is 0 Å². The molecule has 1 aromatic rings. The molecule has 2 rings (SSSR count). The monoisotopic (exact) mass is 331 g/mol. The van der Waals surface area contributed by atoms with E-state index in [4.69, 9.17) is 4.74 Å². The van der Waals surface area contributed by atoms with Crippen molar-refractivity contribution in [1.29, 1.82) is 0 Å². The highest BCUT2D eigenvalue weighted by Gasteiger charge is 2.09. The quantitative estimate of drug-likeness (QED) is 0.784. The zero-order valence-electron chi connectivity index (χ0n) is 12.5. The second kappa shape index (κ2) is 10.4. The van der Waals surface area contributed by atoms with Crippen LogP contribution in [0.2, 0.25) is 0 Å². The van der Waals surface area contributed by atoms with Crippen molar-refractivity contribution in [3.05, 3.63) is 30.1 Å². The Labute approximate surface area is 136 Å². The summed E-state index contributed by atoms with van der Waals surface area (Å²) in [7, 11) is 0. The van der Waals surface area contributed by atoms with Gasteiger partial charge in [-0.15, -0.1) is 12.4 Å². The van der Waals surface area contributed by atoms with Crippen molar-refractivity contribution in [2.75, 3.05) is 45.9 Å². The van der Waals surface area contributed by atoms with Gasteiger partial charge >= 0.3 is 0 Å². The smallest absolute Gasteiger partial charge is 0.223 e. The summed E-state index contributed by atoms with van der Waals surface area (Å²) in [4.78, 5) is 14.0. The average molecular weight is 332 g/mol. The Morgan fingerprint density at radius 2 is 1.95 bits per heavy atom. The van der Waals surface area contributed by atoms with Gasteiger partial charge in [-0.3, -0.25) is 9.69 Å². The lowest BCUT2D eigenvalue weighted by atomic mass is 10.3. The van der Waals surface area contributed by atoms with Crippen LogP contribution in [0, 0.1) is 5.82 Å². The lowest BCUT2D eigenvalue weighted by Gasteiger charge is -2.27. The van der Waals surface area contributed by atoms with Gasteiger partial charge in [0.2, 0.25) is 5.91 Å². The second-order valence-corrected chi connectivity index (χ2v) is 4.99. The fraction of sp³-hybridized carbons (Fsp3) is 0.533. The number of hydrogen-bond acceptors (Lipinski definition) is 4. The summed E-state index contributed by atoms with van der Waals surface area (Å²) in [5, 5.41) is 6.18. The highest BCUT2D eigenvalue weighted by atomic mass is 35.5. The number of piperazine rings is 1. The number of ether oxygens (including phenoxy) is 1. The zero-order chi connectivity index (χ0) is 14.9. The lowest BCUT2D eigenvalue weighted by Crippen LogP contribution is -2.46. The first-order chi connectivity index (χ1) is 10.2. The molecule has 5 nitrogen and oxygen atoms in total. The van der Waals surface area contributed by atoms with Crippen molar-refractivity contribution in [2.45, 2.75) is 6.42 Å². The lowest BCUT2D eigenvalue weighted by molar-refractivity contribution is -0.121. The first-order valence-electron chi connectivity index (χ1n) is 7.32. The Morgan fingerprint density at radius 3 is 2.64 bits per heavy atom. The standard InChI is InChI=1S/C15H22FN3O2.ClH/c16-13-1-3-14(4-2-13)21-12-5-15(20)18-8-11-19-9-6-17-7-10-19;/h1-4,17H,5-12H2,(H,18,20);1H. The largest absolute Gasteiger partial charge is 0.493 e. The minimum atomic E-state index is -0.298. The maximum atomic E-state index is 12.7. The van der Waals surface area contributed by atoms with Crippen LogP contribution in [-0.4, -0.2) is 56.7 Å². The van der Waals surface area contributed by atoms with Gasteiger partial charge in [0, 0.05) is 39.3 Å². The van der Waals surface area contributed by atoms with Gasteiger partial charge in [-0.1, -0.05) is 0 Å². The van der Waals surface area contributed by atoms with Crippen molar-refractivity contribution >= 4 is 18.3 Å². The van der Waals surface area contributed by atoms with E-state index in [1.807, 2.05) is 0 Å². The molecule has 0 atom stereocenters. The molecule has 1 heterocycles. The molecule has 0 spiro atoms. The molecule has 124 valence electrons. The van der Waals surface area contributed by atoms with E-state index < -0.39 is 0 Å². The molecule has 22 heavy (non-hydrogen) atoms. The summed E-state index contributed by atoms with van der Waals surface area (Å²) in [5.74, 6) is 0.255. The molecule has 1 saturated heterocycles. The van der Waals surface area contributed by atoms with Crippen LogP contribution in [0.1, 0.15) is 6.42 Å². The van der Waals surface area contributed by atoms with Crippen LogP contribution < -0.4 is 15.4 Å². The Hall–Kier alpha value is -1.37. The average Bonchev–Trinajstić information content (AvgIpc) is 2.50. The molecule has 1 fully saturated rings. The molecule has 1 amide bonds. The predicted molar refractivity (Wildman–Crippen MR) is 86.1 cm³/mol. The molecule has 0 bridgehead atoms. The molecule has 0 aromatic heterocycles. The van der Waals surface area contributed by atoms with Crippen LogP contribution in [0.4, 0.5) is 4.39 Å². The third kappa shape index (κ3) is 7.06. The van der Waals surface area contributed by atoms with E-state index in [0.29, 0.717) is 25.3 Å².